The third-order valence-electron chi connectivity index (χ3n) is 8.56. The van der Waals surface area contributed by atoms with E-state index in [1.807, 2.05) is 23.5 Å². The molecule has 6 aromatic carbocycles. The van der Waals surface area contributed by atoms with Gasteiger partial charge in [0.15, 0.2) is 0 Å². The van der Waals surface area contributed by atoms with Crippen molar-refractivity contribution in [2.24, 2.45) is 5.11 Å². The fourth-order valence-electron chi connectivity index (χ4n) is 6.54. The largest absolute Gasteiger partial charge is 0.340 e. The molecule has 0 unspecified atom stereocenters. The predicted molar refractivity (Wildman–Crippen MR) is 196 cm³/mol. The lowest BCUT2D eigenvalue weighted by molar-refractivity contribution is 0.892. The van der Waals surface area contributed by atoms with Gasteiger partial charge in [0, 0.05) is 58.7 Å². The molecule has 0 amide bonds. The van der Waals surface area contributed by atoms with Crippen LogP contribution in [0.15, 0.2) is 168 Å². The Hall–Kier alpha value is -4.92. The number of anilines is 8. The molecule has 3 heterocycles. The molecule has 226 valence electrons. The molecular formula is C38H26N6S3. The molecular weight excluding hydrogens is 637 g/mol. The number of azide groups is 1. The van der Waals surface area contributed by atoms with Gasteiger partial charge in [-0.25, -0.2) is 0 Å². The van der Waals surface area contributed by atoms with Crippen LogP contribution in [0.4, 0.5) is 45.5 Å². The average Bonchev–Trinajstić information content (AvgIpc) is 3.12. The van der Waals surface area contributed by atoms with E-state index in [1.165, 1.54) is 42.3 Å². The summed E-state index contributed by atoms with van der Waals surface area (Å²) >= 11 is 5.43. The zero-order valence-corrected chi connectivity index (χ0v) is 27.5. The van der Waals surface area contributed by atoms with Crippen molar-refractivity contribution in [3.8, 4) is 0 Å². The lowest BCUT2D eigenvalue weighted by atomic mass is 10.1. The standard InChI is InChI=1S/C38H26N6S3/c39-41-40-21-22-42-27-19-17-25(43-29-9-1-5-13-33(29)45-34-14-6-2-10-30(34)43)23-37(27)47-38-24-26(18-20-28(38)42)44-31-11-3-7-15-35(31)46-36-16-8-4-12-32(36)44/h1-20,23-24H,21-22H2. The van der Waals surface area contributed by atoms with Crippen LogP contribution < -0.4 is 14.7 Å². The molecule has 6 nitrogen and oxygen atoms in total. The van der Waals surface area contributed by atoms with Gasteiger partial charge in [-0.15, -0.1) is 0 Å². The monoisotopic (exact) mass is 662 g/mol. The Kier molecular flexibility index (Phi) is 7.05. The fraction of sp³-hybridized carbons (Fsp3) is 0.0526. The van der Waals surface area contributed by atoms with Crippen LogP contribution in [-0.4, -0.2) is 13.1 Å². The summed E-state index contributed by atoms with van der Waals surface area (Å²) in [6.07, 6.45) is 0. The van der Waals surface area contributed by atoms with Crippen molar-refractivity contribution in [1.29, 1.82) is 0 Å². The number of rotatable bonds is 5. The number of para-hydroxylation sites is 4. The topological polar surface area (TPSA) is 58.5 Å². The molecule has 0 fully saturated rings. The molecule has 6 aromatic rings. The first-order valence-corrected chi connectivity index (χ1v) is 17.8. The highest BCUT2D eigenvalue weighted by Gasteiger charge is 2.30. The first-order chi connectivity index (χ1) is 23.3. The van der Waals surface area contributed by atoms with Crippen LogP contribution >= 0.6 is 35.3 Å². The minimum Gasteiger partial charge on any atom is -0.340 e. The van der Waals surface area contributed by atoms with Crippen LogP contribution in [-0.2, 0) is 0 Å². The van der Waals surface area contributed by atoms with Gasteiger partial charge in [-0.2, -0.15) is 0 Å². The highest BCUT2D eigenvalue weighted by molar-refractivity contribution is 8.00. The van der Waals surface area contributed by atoms with Crippen molar-refractivity contribution in [2.45, 2.75) is 29.4 Å². The zero-order valence-electron chi connectivity index (χ0n) is 25.0. The lowest BCUT2D eigenvalue weighted by Crippen LogP contribution is -2.24. The van der Waals surface area contributed by atoms with Gasteiger partial charge in [-0.05, 0) is 90.5 Å². The number of benzene rings is 6. The van der Waals surface area contributed by atoms with Crippen molar-refractivity contribution >= 4 is 80.8 Å². The molecule has 0 bridgehead atoms. The summed E-state index contributed by atoms with van der Waals surface area (Å²) < 4.78 is 0. The Morgan fingerprint density at radius 2 is 0.851 bits per heavy atom. The Labute approximate surface area is 285 Å². The fourth-order valence-corrected chi connectivity index (χ4v) is 9.82. The second-order valence-corrected chi connectivity index (χ2v) is 14.5. The second kappa shape index (κ2) is 11.7. The van der Waals surface area contributed by atoms with Gasteiger partial charge < -0.3 is 14.7 Å². The van der Waals surface area contributed by atoms with Gasteiger partial charge in [0.1, 0.15) is 0 Å². The van der Waals surface area contributed by atoms with Gasteiger partial charge in [0.25, 0.3) is 0 Å². The van der Waals surface area contributed by atoms with Gasteiger partial charge >= 0.3 is 0 Å². The Bertz CT molecular complexity index is 2010. The number of hydrogen-bond acceptors (Lipinski definition) is 7. The van der Waals surface area contributed by atoms with Crippen LogP contribution in [0.25, 0.3) is 10.4 Å². The van der Waals surface area contributed by atoms with Gasteiger partial charge in [0.05, 0.1) is 34.1 Å². The summed E-state index contributed by atoms with van der Waals surface area (Å²) in [4.78, 5) is 17.4. The van der Waals surface area contributed by atoms with E-state index in [0.29, 0.717) is 13.1 Å². The molecule has 0 aromatic heterocycles. The molecule has 0 spiro atoms. The molecule has 0 atom stereocenters. The molecule has 0 saturated carbocycles. The summed E-state index contributed by atoms with van der Waals surface area (Å²) in [5.74, 6) is 0. The smallest absolute Gasteiger partial charge is 0.0601 e. The van der Waals surface area contributed by atoms with E-state index >= 15 is 0 Å². The van der Waals surface area contributed by atoms with E-state index < -0.39 is 0 Å². The maximum absolute atomic E-state index is 9.09. The third kappa shape index (κ3) is 4.82. The molecule has 0 radical (unpaired) electrons. The summed E-state index contributed by atoms with van der Waals surface area (Å²) in [6, 6.07) is 47.9. The van der Waals surface area contributed by atoms with E-state index in [9.17, 15) is 0 Å². The Morgan fingerprint density at radius 3 is 1.26 bits per heavy atom. The van der Waals surface area contributed by atoms with Crippen molar-refractivity contribution in [1.82, 2.24) is 0 Å². The predicted octanol–water partition coefficient (Wildman–Crippen LogP) is 12.5. The van der Waals surface area contributed by atoms with E-state index in [4.69, 9.17) is 5.53 Å². The maximum Gasteiger partial charge on any atom is 0.0601 e. The highest BCUT2D eigenvalue weighted by Crippen LogP contribution is 2.56. The zero-order chi connectivity index (χ0) is 31.3. The number of hydrogen-bond donors (Lipinski definition) is 0. The first kappa shape index (κ1) is 28.3. The summed E-state index contributed by atoms with van der Waals surface area (Å²) in [5, 5.41) is 3.90. The molecule has 9 heteroatoms. The van der Waals surface area contributed by atoms with Gasteiger partial charge in [-0.1, -0.05) is 88.9 Å². The van der Waals surface area contributed by atoms with E-state index in [-0.39, 0.29) is 0 Å². The number of fused-ring (bicyclic) bond motifs is 6. The highest BCUT2D eigenvalue weighted by atomic mass is 32.2. The van der Waals surface area contributed by atoms with Crippen LogP contribution in [0, 0.1) is 0 Å². The van der Waals surface area contributed by atoms with Crippen molar-refractivity contribution < 1.29 is 0 Å². The third-order valence-corrected chi connectivity index (χ3v) is 11.9. The first-order valence-electron chi connectivity index (χ1n) is 15.3. The SMILES string of the molecule is [N-]=[N+]=NCCN1c2ccc(N3c4ccccc4Sc4ccccc43)cc2Sc2cc(N3c4ccccc4Sc4ccccc43)ccc21. The van der Waals surface area contributed by atoms with Crippen molar-refractivity contribution in [3.63, 3.8) is 0 Å². The molecule has 3 aliphatic rings. The second-order valence-electron chi connectivity index (χ2n) is 11.3. The normalized spacial score (nSPS) is 13.7. The summed E-state index contributed by atoms with van der Waals surface area (Å²) in [7, 11) is 0. The minimum atomic E-state index is 0.373. The average molecular weight is 663 g/mol. The van der Waals surface area contributed by atoms with Gasteiger partial charge in [-0.3, -0.25) is 0 Å². The van der Waals surface area contributed by atoms with Crippen molar-refractivity contribution in [3.05, 3.63) is 144 Å². The van der Waals surface area contributed by atoms with Crippen LogP contribution in [0.3, 0.4) is 0 Å². The molecule has 47 heavy (non-hydrogen) atoms. The lowest BCUT2D eigenvalue weighted by Gasteiger charge is -2.37. The van der Waals surface area contributed by atoms with E-state index in [0.717, 1.165) is 32.5 Å². The number of nitrogens with zero attached hydrogens (tertiary/aromatic N) is 6. The minimum absolute atomic E-state index is 0.373. The Balaban J connectivity index is 1.17. The quantitative estimate of drug-likeness (QED) is 0.104. The molecule has 0 aliphatic carbocycles. The molecule has 0 saturated heterocycles. The van der Waals surface area contributed by atoms with Crippen molar-refractivity contribution in [2.75, 3.05) is 27.8 Å². The summed E-state index contributed by atoms with van der Waals surface area (Å²) in [5.41, 5.74) is 18.3. The van der Waals surface area contributed by atoms with Crippen LogP contribution in [0.1, 0.15) is 0 Å². The van der Waals surface area contributed by atoms with Gasteiger partial charge in [0.2, 0.25) is 0 Å². The van der Waals surface area contributed by atoms with E-state index in [1.54, 1.807) is 11.8 Å². The molecule has 3 aliphatic heterocycles. The van der Waals surface area contributed by atoms with Crippen LogP contribution in [0.5, 0.6) is 0 Å². The van der Waals surface area contributed by atoms with E-state index in [2.05, 4.69) is 158 Å². The van der Waals surface area contributed by atoms with Crippen LogP contribution in [0.2, 0.25) is 0 Å². The molecule has 9 rings (SSSR count). The summed E-state index contributed by atoms with van der Waals surface area (Å²) in [6.45, 7) is 0.957. The molecule has 0 N–H and O–H groups in total. The Morgan fingerprint density at radius 1 is 0.468 bits per heavy atom. The maximum atomic E-state index is 9.09.